The number of benzene rings is 2. The van der Waals surface area contributed by atoms with Gasteiger partial charge in [0.2, 0.25) is 0 Å². The SMILES string of the molecule is CCCC(OCC(=O)O)(c1nc(-c2ccccc2)c(-c2ccccc2)nc1C)C1(C)C=CC=N1. The number of rotatable bonds is 9. The number of allylic oxidation sites excluding steroid dienone is 1. The van der Waals surface area contributed by atoms with Gasteiger partial charge in [0.15, 0.2) is 0 Å². The average Bonchev–Trinajstić information content (AvgIpc) is 3.30. The highest BCUT2D eigenvalue weighted by Gasteiger charge is 2.52. The van der Waals surface area contributed by atoms with Gasteiger partial charge in [0, 0.05) is 17.3 Å². The van der Waals surface area contributed by atoms with Crippen molar-refractivity contribution in [3.63, 3.8) is 0 Å². The van der Waals surface area contributed by atoms with Gasteiger partial charge in [-0.3, -0.25) is 4.99 Å². The fourth-order valence-corrected chi connectivity index (χ4v) is 4.64. The van der Waals surface area contributed by atoms with Crippen LogP contribution in [0.1, 0.15) is 38.1 Å². The molecule has 1 aromatic heterocycles. The summed E-state index contributed by atoms with van der Waals surface area (Å²) in [6, 6.07) is 19.9. The second-order valence-corrected chi connectivity index (χ2v) is 8.63. The maximum atomic E-state index is 11.6. The van der Waals surface area contributed by atoms with Gasteiger partial charge in [0.1, 0.15) is 17.7 Å². The predicted molar refractivity (Wildman–Crippen MR) is 134 cm³/mol. The fraction of sp³-hybridized carbons (Fsp3) is 0.286. The number of carbonyl (C=O) groups is 1. The molecular weight excluding hydrogens is 426 g/mol. The number of carboxylic acids is 1. The third-order valence-electron chi connectivity index (χ3n) is 6.26. The summed E-state index contributed by atoms with van der Waals surface area (Å²) >= 11 is 0. The van der Waals surface area contributed by atoms with Gasteiger partial charge < -0.3 is 9.84 Å². The third-order valence-corrected chi connectivity index (χ3v) is 6.26. The van der Waals surface area contributed by atoms with Gasteiger partial charge in [-0.2, -0.15) is 0 Å². The minimum atomic E-state index is -1.10. The van der Waals surface area contributed by atoms with Crippen LogP contribution >= 0.6 is 0 Å². The molecule has 1 aliphatic rings. The first-order valence-corrected chi connectivity index (χ1v) is 11.5. The van der Waals surface area contributed by atoms with Crippen molar-refractivity contribution in [1.82, 2.24) is 9.97 Å². The normalized spacial score (nSPS) is 18.7. The molecule has 0 fully saturated rings. The summed E-state index contributed by atoms with van der Waals surface area (Å²) in [6.45, 7) is 5.45. The van der Waals surface area contributed by atoms with Crippen LogP contribution in [0.15, 0.2) is 77.8 Å². The van der Waals surface area contributed by atoms with Gasteiger partial charge >= 0.3 is 5.97 Å². The van der Waals surface area contributed by atoms with E-state index in [1.54, 1.807) is 6.21 Å². The summed E-state index contributed by atoms with van der Waals surface area (Å²) in [5.74, 6) is -1.04. The largest absolute Gasteiger partial charge is 0.480 e. The van der Waals surface area contributed by atoms with Crippen LogP contribution in [0.5, 0.6) is 0 Å². The standard InChI is InChI=1S/C28H29N3O3/c1-4-16-28(34-19-23(32)33,27(3)17-11-18-29-27)26-20(2)30-24(21-12-7-5-8-13-21)25(31-26)22-14-9-6-10-15-22/h5-15,17-18H,4,16,19H2,1-3H3,(H,32,33). The van der Waals surface area contributed by atoms with Gasteiger partial charge in [-0.05, 0) is 26.3 Å². The predicted octanol–water partition coefficient (Wildman–Crippen LogP) is 5.61. The number of ether oxygens (including phenoxy) is 1. The Morgan fingerprint density at radius 3 is 2.09 bits per heavy atom. The Hall–Kier alpha value is -3.64. The molecule has 4 rings (SSSR count). The number of aliphatic carboxylic acids is 1. The molecule has 2 aromatic carbocycles. The topological polar surface area (TPSA) is 84.7 Å². The number of hydrogen-bond acceptors (Lipinski definition) is 5. The Labute approximate surface area is 200 Å². The Balaban J connectivity index is 2.01. The lowest BCUT2D eigenvalue weighted by Crippen LogP contribution is -2.50. The quantitative estimate of drug-likeness (QED) is 0.453. The van der Waals surface area contributed by atoms with Crippen LogP contribution in [0.25, 0.3) is 22.5 Å². The molecule has 0 aliphatic carbocycles. The molecule has 1 N–H and O–H groups in total. The maximum Gasteiger partial charge on any atom is 0.329 e. The summed E-state index contributed by atoms with van der Waals surface area (Å²) < 4.78 is 6.25. The van der Waals surface area contributed by atoms with Crippen molar-refractivity contribution in [2.24, 2.45) is 4.99 Å². The number of nitrogens with zero attached hydrogens (tertiary/aromatic N) is 3. The Morgan fingerprint density at radius 2 is 1.59 bits per heavy atom. The molecule has 174 valence electrons. The summed E-state index contributed by atoms with van der Waals surface area (Å²) in [5, 5.41) is 9.50. The van der Waals surface area contributed by atoms with E-state index in [1.807, 2.05) is 93.6 Å². The van der Waals surface area contributed by atoms with Gasteiger partial charge in [0.05, 0.1) is 22.8 Å². The number of carboxylic acid groups (broad SMARTS) is 1. The lowest BCUT2D eigenvalue weighted by atomic mass is 9.75. The number of aryl methyl sites for hydroxylation is 1. The van der Waals surface area contributed by atoms with Crippen molar-refractivity contribution in [2.75, 3.05) is 6.61 Å². The van der Waals surface area contributed by atoms with Crippen LogP contribution in [-0.2, 0) is 15.1 Å². The number of aromatic nitrogens is 2. The van der Waals surface area contributed by atoms with E-state index in [-0.39, 0.29) is 0 Å². The van der Waals surface area contributed by atoms with Gasteiger partial charge in [0.25, 0.3) is 0 Å². The van der Waals surface area contributed by atoms with Crippen LogP contribution in [0.3, 0.4) is 0 Å². The first kappa shape index (κ1) is 23.5. The van der Waals surface area contributed by atoms with Crippen molar-refractivity contribution in [3.8, 4) is 22.5 Å². The van der Waals surface area contributed by atoms with E-state index in [4.69, 9.17) is 19.7 Å². The lowest BCUT2D eigenvalue weighted by Gasteiger charge is -2.43. The molecule has 34 heavy (non-hydrogen) atoms. The Bertz CT molecular complexity index is 1210. The average molecular weight is 456 g/mol. The van der Waals surface area contributed by atoms with Crippen molar-refractivity contribution < 1.29 is 14.6 Å². The summed E-state index contributed by atoms with van der Waals surface area (Å²) in [5.41, 5.74) is 2.76. The van der Waals surface area contributed by atoms with Gasteiger partial charge in [-0.1, -0.05) is 80.1 Å². The second-order valence-electron chi connectivity index (χ2n) is 8.63. The highest BCUT2D eigenvalue weighted by atomic mass is 16.5. The molecule has 0 bridgehead atoms. The van der Waals surface area contributed by atoms with Crippen molar-refractivity contribution in [2.45, 2.75) is 44.8 Å². The van der Waals surface area contributed by atoms with Crippen LogP contribution in [0.2, 0.25) is 0 Å². The summed E-state index contributed by atoms with van der Waals surface area (Å²) in [6.07, 6.45) is 6.84. The molecule has 6 heteroatoms. The van der Waals surface area contributed by atoms with Crippen LogP contribution in [0, 0.1) is 6.92 Å². The first-order chi connectivity index (χ1) is 16.4. The van der Waals surface area contributed by atoms with E-state index < -0.39 is 23.7 Å². The van der Waals surface area contributed by atoms with Crippen LogP contribution < -0.4 is 0 Å². The van der Waals surface area contributed by atoms with E-state index in [0.29, 0.717) is 17.8 Å². The highest BCUT2D eigenvalue weighted by molar-refractivity contribution is 5.79. The second kappa shape index (κ2) is 9.69. The molecule has 0 spiro atoms. The zero-order chi connectivity index (χ0) is 24.2. The monoisotopic (exact) mass is 455 g/mol. The molecule has 2 unspecified atom stereocenters. The Kier molecular flexibility index (Phi) is 6.70. The van der Waals surface area contributed by atoms with E-state index in [1.165, 1.54) is 0 Å². The molecule has 0 saturated heterocycles. The molecule has 2 atom stereocenters. The number of hydrogen-bond donors (Lipinski definition) is 1. The molecule has 0 radical (unpaired) electrons. The zero-order valence-corrected chi connectivity index (χ0v) is 19.7. The van der Waals surface area contributed by atoms with Crippen molar-refractivity contribution in [1.29, 1.82) is 0 Å². The molecule has 1 aliphatic heterocycles. The molecule has 2 heterocycles. The number of aliphatic imine (C=N–C) groups is 1. The molecular formula is C28H29N3O3. The van der Waals surface area contributed by atoms with Crippen LogP contribution in [-0.4, -0.2) is 39.4 Å². The van der Waals surface area contributed by atoms with Crippen molar-refractivity contribution >= 4 is 12.2 Å². The highest BCUT2D eigenvalue weighted by Crippen LogP contribution is 2.46. The summed E-state index contributed by atoms with van der Waals surface area (Å²) in [4.78, 5) is 26.5. The summed E-state index contributed by atoms with van der Waals surface area (Å²) in [7, 11) is 0. The smallest absolute Gasteiger partial charge is 0.329 e. The fourth-order valence-electron chi connectivity index (χ4n) is 4.64. The van der Waals surface area contributed by atoms with Gasteiger partial charge in [-0.15, -0.1) is 0 Å². The van der Waals surface area contributed by atoms with Crippen molar-refractivity contribution in [3.05, 3.63) is 84.2 Å². The molecule has 3 aromatic rings. The molecule has 0 amide bonds. The first-order valence-electron chi connectivity index (χ1n) is 11.5. The van der Waals surface area contributed by atoms with E-state index in [9.17, 15) is 9.90 Å². The lowest BCUT2D eigenvalue weighted by molar-refractivity contribution is -0.156. The Morgan fingerprint density at radius 1 is 1.00 bits per heavy atom. The minimum absolute atomic E-state index is 0.457. The molecule has 0 saturated carbocycles. The molecule has 6 nitrogen and oxygen atoms in total. The van der Waals surface area contributed by atoms with Crippen LogP contribution in [0.4, 0.5) is 0 Å². The van der Waals surface area contributed by atoms with Gasteiger partial charge in [-0.25, -0.2) is 14.8 Å². The zero-order valence-electron chi connectivity index (χ0n) is 19.7. The van der Waals surface area contributed by atoms with E-state index >= 15 is 0 Å². The third kappa shape index (κ3) is 4.29. The maximum absolute atomic E-state index is 11.6. The van der Waals surface area contributed by atoms with E-state index in [2.05, 4.69) is 0 Å². The minimum Gasteiger partial charge on any atom is -0.480 e. The van der Waals surface area contributed by atoms with E-state index in [0.717, 1.165) is 28.9 Å².